The SMILES string of the molecule is Cc1ccc(-c2nc(CC(=O)NCCNS(=O)(=O)c3ccccc3)cs2)o1. The minimum atomic E-state index is -3.56. The van der Waals surface area contributed by atoms with Crippen molar-refractivity contribution < 1.29 is 17.6 Å². The second-order valence-corrected chi connectivity index (χ2v) is 8.42. The largest absolute Gasteiger partial charge is 0.459 e. The van der Waals surface area contributed by atoms with E-state index in [1.54, 1.807) is 18.2 Å². The number of nitrogens with one attached hydrogen (secondary N) is 2. The molecule has 0 saturated carbocycles. The van der Waals surface area contributed by atoms with Gasteiger partial charge in [-0.3, -0.25) is 4.79 Å². The van der Waals surface area contributed by atoms with Gasteiger partial charge in [-0.15, -0.1) is 11.3 Å². The highest BCUT2D eigenvalue weighted by atomic mass is 32.2. The number of hydrogen-bond acceptors (Lipinski definition) is 6. The summed E-state index contributed by atoms with van der Waals surface area (Å²) in [6, 6.07) is 11.8. The molecule has 142 valence electrons. The summed E-state index contributed by atoms with van der Waals surface area (Å²) < 4.78 is 32.1. The molecule has 1 amide bonds. The average Bonchev–Trinajstić information content (AvgIpc) is 3.28. The molecule has 1 aromatic carbocycles. The summed E-state index contributed by atoms with van der Waals surface area (Å²) >= 11 is 1.41. The number of aryl methyl sites for hydroxylation is 1. The van der Waals surface area contributed by atoms with Gasteiger partial charge in [-0.05, 0) is 31.2 Å². The number of rotatable bonds is 8. The Morgan fingerprint density at radius 2 is 1.93 bits per heavy atom. The van der Waals surface area contributed by atoms with Crippen LogP contribution < -0.4 is 10.0 Å². The summed E-state index contributed by atoms with van der Waals surface area (Å²) in [5.74, 6) is 1.26. The Labute approximate surface area is 161 Å². The second-order valence-electron chi connectivity index (χ2n) is 5.79. The maximum absolute atomic E-state index is 12.1. The van der Waals surface area contributed by atoms with Crippen LogP contribution in [0.3, 0.4) is 0 Å². The van der Waals surface area contributed by atoms with E-state index in [0.29, 0.717) is 11.5 Å². The third kappa shape index (κ3) is 5.25. The number of furan rings is 1. The van der Waals surface area contributed by atoms with E-state index in [9.17, 15) is 13.2 Å². The zero-order chi connectivity index (χ0) is 19.3. The maximum atomic E-state index is 12.1. The van der Waals surface area contributed by atoms with Gasteiger partial charge in [-0.25, -0.2) is 18.1 Å². The van der Waals surface area contributed by atoms with Crippen molar-refractivity contribution in [1.29, 1.82) is 0 Å². The topological polar surface area (TPSA) is 101 Å². The van der Waals surface area contributed by atoms with E-state index in [-0.39, 0.29) is 30.3 Å². The molecule has 0 aliphatic rings. The third-order valence-electron chi connectivity index (χ3n) is 3.64. The number of carbonyl (C=O) groups is 1. The van der Waals surface area contributed by atoms with Gasteiger partial charge >= 0.3 is 0 Å². The number of nitrogens with zero attached hydrogens (tertiary/aromatic N) is 1. The molecule has 0 aliphatic carbocycles. The first-order valence-corrected chi connectivity index (χ1v) is 10.6. The van der Waals surface area contributed by atoms with Crippen molar-refractivity contribution in [2.75, 3.05) is 13.1 Å². The third-order valence-corrected chi connectivity index (χ3v) is 6.02. The van der Waals surface area contributed by atoms with E-state index in [1.807, 2.05) is 24.4 Å². The lowest BCUT2D eigenvalue weighted by molar-refractivity contribution is -0.120. The molecule has 0 aliphatic heterocycles. The van der Waals surface area contributed by atoms with Crippen molar-refractivity contribution in [3.05, 3.63) is 59.3 Å². The number of thiazole rings is 1. The molecule has 0 spiro atoms. The average molecular weight is 406 g/mol. The predicted octanol–water partition coefficient (Wildman–Crippen LogP) is 2.35. The molecule has 2 heterocycles. The van der Waals surface area contributed by atoms with Crippen LogP contribution in [0.2, 0.25) is 0 Å². The van der Waals surface area contributed by atoms with Crippen LogP contribution in [0.4, 0.5) is 0 Å². The molecule has 3 rings (SSSR count). The molecule has 3 aromatic rings. The number of amides is 1. The smallest absolute Gasteiger partial charge is 0.240 e. The zero-order valence-electron chi connectivity index (χ0n) is 14.6. The van der Waals surface area contributed by atoms with E-state index in [4.69, 9.17) is 4.42 Å². The lowest BCUT2D eigenvalue weighted by atomic mass is 10.3. The van der Waals surface area contributed by atoms with Crippen LogP contribution >= 0.6 is 11.3 Å². The van der Waals surface area contributed by atoms with Gasteiger partial charge in [0.05, 0.1) is 17.0 Å². The fourth-order valence-corrected chi connectivity index (χ4v) is 4.18. The van der Waals surface area contributed by atoms with Gasteiger partial charge in [-0.1, -0.05) is 18.2 Å². The Kier molecular flexibility index (Phi) is 6.04. The van der Waals surface area contributed by atoms with Gasteiger partial charge in [0.15, 0.2) is 10.8 Å². The van der Waals surface area contributed by atoms with Gasteiger partial charge in [0.25, 0.3) is 0 Å². The molecule has 27 heavy (non-hydrogen) atoms. The highest BCUT2D eigenvalue weighted by molar-refractivity contribution is 7.89. The van der Waals surface area contributed by atoms with Crippen molar-refractivity contribution in [2.45, 2.75) is 18.2 Å². The molecule has 2 aromatic heterocycles. The number of carbonyl (C=O) groups excluding carboxylic acids is 1. The van der Waals surface area contributed by atoms with Gasteiger partial charge in [-0.2, -0.15) is 0 Å². The number of sulfonamides is 1. The molecule has 0 fully saturated rings. The van der Waals surface area contributed by atoms with Crippen molar-refractivity contribution in [1.82, 2.24) is 15.0 Å². The van der Waals surface area contributed by atoms with Crippen molar-refractivity contribution in [2.24, 2.45) is 0 Å². The Morgan fingerprint density at radius 1 is 1.15 bits per heavy atom. The fraction of sp³-hybridized carbons (Fsp3) is 0.222. The molecule has 0 bridgehead atoms. The molecule has 0 radical (unpaired) electrons. The van der Waals surface area contributed by atoms with Crippen LogP contribution in [0.5, 0.6) is 0 Å². The van der Waals surface area contributed by atoms with Crippen LogP contribution in [0.1, 0.15) is 11.5 Å². The Bertz CT molecular complexity index is 1010. The molecule has 7 nitrogen and oxygen atoms in total. The van der Waals surface area contributed by atoms with Gasteiger partial charge in [0, 0.05) is 18.5 Å². The quantitative estimate of drug-likeness (QED) is 0.560. The summed E-state index contributed by atoms with van der Waals surface area (Å²) in [7, 11) is -3.56. The lowest BCUT2D eigenvalue weighted by Gasteiger charge is -2.07. The van der Waals surface area contributed by atoms with Crippen molar-refractivity contribution in [3.8, 4) is 10.8 Å². The molecule has 2 N–H and O–H groups in total. The maximum Gasteiger partial charge on any atom is 0.240 e. The van der Waals surface area contributed by atoms with E-state index in [0.717, 1.165) is 10.8 Å². The van der Waals surface area contributed by atoms with Gasteiger partial charge in [0.2, 0.25) is 15.9 Å². The summed E-state index contributed by atoms with van der Waals surface area (Å²) in [6.07, 6.45) is 0.127. The summed E-state index contributed by atoms with van der Waals surface area (Å²) in [4.78, 5) is 16.6. The fourth-order valence-electron chi connectivity index (χ4n) is 2.35. The molecule has 9 heteroatoms. The molecule has 0 saturated heterocycles. The van der Waals surface area contributed by atoms with Crippen molar-refractivity contribution in [3.63, 3.8) is 0 Å². The normalized spacial score (nSPS) is 11.4. The molecular formula is C18H19N3O4S2. The van der Waals surface area contributed by atoms with E-state index >= 15 is 0 Å². The first kappa shape index (κ1) is 19.3. The van der Waals surface area contributed by atoms with Crippen LogP contribution in [0.15, 0.2) is 57.2 Å². The van der Waals surface area contributed by atoms with Gasteiger partial charge < -0.3 is 9.73 Å². The summed E-state index contributed by atoms with van der Waals surface area (Å²) in [6.45, 7) is 2.16. The Balaban J connectivity index is 1.44. The van der Waals surface area contributed by atoms with Crippen LogP contribution in [0.25, 0.3) is 10.8 Å². The first-order chi connectivity index (χ1) is 12.9. The minimum absolute atomic E-state index is 0.108. The number of hydrogen-bond donors (Lipinski definition) is 2. The summed E-state index contributed by atoms with van der Waals surface area (Å²) in [5, 5.41) is 5.22. The first-order valence-electron chi connectivity index (χ1n) is 8.27. The molecule has 0 atom stereocenters. The van der Waals surface area contributed by atoms with Crippen LogP contribution in [-0.4, -0.2) is 32.4 Å². The molecule has 0 unspecified atom stereocenters. The van der Waals surface area contributed by atoms with Gasteiger partial charge in [0.1, 0.15) is 5.76 Å². The standard InChI is InChI=1S/C18H19N3O4S2/c1-13-7-8-16(25-13)18-21-14(12-26-18)11-17(22)19-9-10-20-27(23,24)15-5-3-2-4-6-15/h2-8,12,20H,9-11H2,1H3,(H,19,22). The Hall–Kier alpha value is -2.49. The van der Waals surface area contributed by atoms with E-state index < -0.39 is 10.0 Å². The van der Waals surface area contributed by atoms with Crippen molar-refractivity contribution >= 4 is 27.3 Å². The van der Waals surface area contributed by atoms with E-state index in [2.05, 4.69) is 15.0 Å². The zero-order valence-corrected chi connectivity index (χ0v) is 16.3. The highest BCUT2D eigenvalue weighted by Gasteiger charge is 2.13. The second kappa shape index (κ2) is 8.47. The summed E-state index contributed by atoms with van der Waals surface area (Å²) in [5.41, 5.74) is 0.645. The van der Waals surface area contributed by atoms with Crippen LogP contribution in [0, 0.1) is 6.92 Å². The molecular weight excluding hydrogens is 386 g/mol. The highest BCUT2D eigenvalue weighted by Crippen LogP contribution is 2.25. The number of benzene rings is 1. The van der Waals surface area contributed by atoms with E-state index in [1.165, 1.54) is 23.5 Å². The predicted molar refractivity (Wildman–Crippen MR) is 103 cm³/mol. The minimum Gasteiger partial charge on any atom is -0.459 e. The lowest BCUT2D eigenvalue weighted by Crippen LogP contribution is -2.35. The Morgan fingerprint density at radius 3 is 2.63 bits per heavy atom. The monoisotopic (exact) mass is 405 g/mol. The van der Waals surface area contributed by atoms with Crippen LogP contribution in [-0.2, 0) is 21.2 Å². The number of aromatic nitrogens is 1.